The molecule has 56 heavy (non-hydrogen) atoms. The van der Waals surface area contributed by atoms with Gasteiger partial charge in [0.25, 0.3) is 0 Å². The molecule has 301 valence electrons. The van der Waals surface area contributed by atoms with E-state index in [0.29, 0.717) is 5.92 Å². The molecule has 3 aromatic carbocycles. The van der Waals surface area contributed by atoms with E-state index in [9.17, 15) is 9.90 Å². The quantitative estimate of drug-likeness (QED) is 0.0798. The fourth-order valence-corrected chi connectivity index (χ4v) is 8.38. The van der Waals surface area contributed by atoms with E-state index >= 15 is 0 Å². The van der Waals surface area contributed by atoms with Crippen LogP contribution in [0.2, 0.25) is 0 Å². The molecule has 0 bridgehead atoms. The van der Waals surface area contributed by atoms with Crippen molar-refractivity contribution >= 4 is 49.1 Å². The molecule has 6 aromatic rings. The van der Waals surface area contributed by atoms with Crippen molar-refractivity contribution in [2.24, 2.45) is 16.7 Å². The second-order valence-corrected chi connectivity index (χ2v) is 18.6. The number of aromatic nitrogens is 1. The first-order valence-electron chi connectivity index (χ1n) is 20.2. The second-order valence-electron chi connectivity index (χ2n) is 17.4. The van der Waals surface area contributed by atoms with Crippen molar-refractivity contribution in [1.82, 2.24) is 4.98 Å². The summed E-state index contributed by atoms with van der Waals surface area (Å²) < 4.78 is 7.29. The zero-order valence-corrected chi connectivity index (χ0v) is 39.1. The Kier molecular flexibility index (Phi) is 14.4. The largest absolute Gasteiger partial charge is 0.512 e. The van der Waals surface area contributed by atoms with Crippen molar-refractivity contribution in [3.63, 3.8) is 0 Å². The van der Waals surface area contributed by atoms with E-state index in [1.54, 1.807) is 0 Å². The number of furan rings is 1. The molecule has 0 unspecified atom stereocenters. The van der Waals surface area contributed by atoms with E-state index in [4.69, 9.17) is 9.40 Å². The van der Waals surface area contributed by atoms with Crippen molar-refractivity contribution in [1.29, 1.82) is 0 Å². The summed E-state index contributed by atoms with van der Waals surface area (Å²) in [6, 6.07) is 23.5. The van der Waals surface area contributed by atoms with Crippen LogP contribution in [0.3, 0.4) is 0 Å². The number of rotatable bonds is 11. The molecule has 3 heterocycles. The van der Waals surface area contributed by atoms with Crippen LogP contribution in [0.15, 0.2) is 77.1 Å². The monoisotopic (exact) mass is 949 g/mol. The smallest absolute Gasteiger partial charge is 0.164 e. The standard InChI is InChI=1S/C35H34NOS.C15H28O2.Ir/c1-20(2)16-24-12-13-27(28-14-15-37-33(24)28)29-19-31(36-32-21(3)22(4)38-34(29)32)25-17-23-10-8-9-11-26(23)30(18-25)35(5,6)7;1-7-14(5,8-2)12(16)11-13(17)15(6,9-3)10-4;/h8-15,18-20H,16H2,1-7H3;11,16H,7-10H2,1-6H3;/q-1;;/b;12-11-;. The van der Waals surface area contributed by atoms with Crippen LogP contribution in [0.1, 0.15) is 123 Å². The average Bonchev–Trinajstić information content (AvgIpc) is 3.77. The number of thiophene rings is 1. The van der Waals surface area contributed by atoms with Crippen molar-refractivity contribution in [2.45, 2.75) is 128 Å². The molecule has 3 aromatic heterocycles. The predicted molar refractivity (Wildman–Crippen MR) is 236 cm³/mol. The van der Waals surface area contributed by atoms with Gasteiger partial charge in [-0.25, -0.2) is 0 Å². The number of nitrogens with zero attached hydrogens (tertiary/aromatic N) is 1. The molecular formula is C50H62IrNO3S-. The minimum Gasteiger partial charge on any atom is -0.512 e. The molecule has 0 atom stereocenters. The molecule has 1 N–H and O–H groups in total. The van der Waals surface area contributed by atoms with Gasteiger partial charge in [-0.3, -0.25) is 9.78 Å². The Bertz CT molecular complexity index is 2340. The SMILES string of the molecule is CCC(C)(CC)C(=O)/C=C(\O)C(C)(CC)CC.Cc1sc2c(-c3ccc(CC(C)C)c4occc34)cc(-c3[c-]c4ccccc4c(C(C)(C)C)c3)nc2c1C.[Ir]. The minimum atomic E-state index is -0.337. The Hall–Kier alpha value is -3.57. The number of allylic oxidation sites excluding steroid dienone is 2. The van der Waals surface area contributed by atoms with Gasteiger partial charge in [-0.15, -0.1) is 40.5 Å². The van der Waals surface area contributed by atoms with E-state index in [0.717, 1.165) is 59.8 Å². The number of hydrogen-bond donors (Lipinski definition) is 1. The van der Waals surface area contributed by atoms with Gasteiger partial charge in [-0.2, -0.15) is 0 Å². The van der Waals surface area contributed by atoms with Crippen LogP contribution >= 0.6 is 11.3 Å². The zero-order valence-electron chi connectivity index (χ0n) is 35.9. The first-order valence-corrected chi connectivity index (χ1v) is 21.0. The molecule has 6 rings (SSSR count). The van der Waals surface area contributed by atoms with Gasteiger partial charge in [-0.05, 0) is 85.6 Å². The summed E-state index contributed by atoms with van der Waals surface area (Å²) in [4.78, 5) is 18.8. The molecule has 0 amide bonds. The minimum absolute atomic E-state index is 0. The normalized spacial score (nSPS) is 12.6. The summed E-state index contributed by atoms with van der Waals surface area (Å²) in [6.07, 6.45) is 7.58. The van der Waals surface area contributed by atoms with Crippen molar-refractivity contribution in [3.8, 4) is 22.4 Å². The van der Waals surface area contributed by atoms with Crippen LogP contribution in [0, 0.1) is 36.7 Å². The third-order valence-electron chi connectivity index (χ3n) is 12.2. The maximum atomic E-state index is 12.2. The van der Waals surface area contributed by atoms with E-state index in [2.05, 4.69) is 109 Å². The van der Waals surface area contributed by atoms with Gasteiger partial charge in [0.05, 0.1) is 16.5 Å². The summed E-state index contributed by atoms with van der Waals surface area (Å²) in [5.74, 6) is 0.852. The number of benzene rings is 3. The molecule has 0 fully saturated rings. The van der Waals surface area contributed by atoms with Crippen LogP contribution in [0.4, 0.5) is 0 Å². The fraction of sp³-hybridized carbons (Fsp3) is 0.440. The van der Waals surface area contributed by atoms with E-state index in [1.807, 2.05) is 59.1 Å². The number of fused-ring (bicyclic) bond motifs is 3. The third kappa shape index (κ3) is 9.09. The summed E-state index contributed by atoms with van der Waals surface area (Å²) in [5.41, 5.74) is 9.75. The van der Waals surface area contributed by atoms with E-state index < -0.39 is 0 Å². The van der Waals surface area contributed by atoms with Gasteiger partial charge in [0.15, 0.2) is 5.78 Å². The maximum absolute atomic E-state index is 12.2. The van der Waals surface area contributed by atoms with E-state index in [1.165, 1.54) is 54.2 Å². The maximum Gasteiger partial charge on any atom is 0.164 e. The Balaban J connectivity index is 0.000000330. The molecule has 0 aliphatic rings. The van der Waals surface area contributed by atoms with Crippen molar-refractivity contribution in [2.75, 3.05) is 0 Å². The summed E-state index contributed by atoms with van der Waals surface area (Å²) >= 11 is 1.84. The van der Waals surface area contributed by atoms with Crippen LogP contribution < -0.4 is 0 Å². The number of ketones is 1. The number of carbonyl (C=O) groups is 1. The number of aryl methyl sites for hydroxylation is 2. The first kappa shape index (κ1) is 45.1. The number of aliphatic hydroxyl groups is 1. The Morgan fingerprint density at radius 1 is 0.875 bits per heavy atom. The molecule has 0 saturated carbocycles. The van der Waals surface area contributed by atoms with Crippen LogP contribution in [0.25, 0.3) is 54.3 Å². The number of carbonyl (C=O) groups excluding carboxylic acids is 1. The molecular weight excluding hydrogens is 887 g/mol. The molecule has 1 radical (unpaired) electrons. The number of pyridine rings is 1. The molecule has 6 heteroatoms. The number of aliphatic hydroxyl groups excluding tert-OH is 1. The van der Waals surface area contributed by atoms with Crippen LogP contribution in [0.5, 0.6) is 0 Å². The van der Waals surface area contributed by atoms with Crippen molar-refractivity contribution < 1.29 is 34.4 Å². The van der Waals surface area contributed by atoms with E-state index in [-0.39, 0.29) is 47.9 Å². The van der Waals surface area contributed by atoms with Gasteiger partial charge in [0.2, 0.25) is 0 Å². The molecule has 0 aliphatic carbocycles. The molecule has 0 saturated heterocycles. The topological polar surface area (TPSA) is 63.3 Å². The Morgan fingerprint density at radius 3 is 2.12 bits per heavy atom. The second kappa shape index (κ2) is 17.9. The summed E-state index contributed by atoms with van der Waals surface area (Å²) in [7, 11) is 0. The van der Waals surface area contributed by atoms with Gasteiger partial charge >= 0.3 is 0 Å². The van der Waals surface area contributed by atoms with Gasteiger partial charge in [0.1, 0.15) is 11.3 Å². The molecule has 4 nitrogen and oxygen atoms in total. The van der Waals surface area contributed by atoms with Gasteiger partial charge in [0, 0.05) is 53.0 Å². The summed E-state index contributed by atoms with van der Waals surface area (Å²) in [6.45, 7) is 27.8. The van der Waals surface area contributed by atoms with Crippen molar-refractivity contribution in [3.05, 3.63) is 100 Å². The zero-order chi connectivity index (χ0) is 40.5. The van der Waals surface area contributed by atoms with Crippen LogP contribution in [-0.2, 0) is 36.7 Å². The molecule has 0 aliphatic heterocycles. The van der Waals surface area contributed by atoms with Crippen LogP contribution in [-0.4, -0.2) is 15.9 Å². The molecule has 0 spiro atoms. The average molecular weight is 949 g/mol. The first-order chi connectivity index (χ1) is 25.9. The fourth-order valence-electron chi connectivity index (χ4n) is 7.25. The Labute approximate surface area is 353 Å². The Morgan fingerprint density at radius 2 is 1.52 bits per heavy atom. The summed E-state index contributed by atoms with van der Waals surface area (Å²) in [5, 5.41) is 13.7. The van der Waals surface area contributed by atoms with Gasteiger partial charge < -0.3 is 9.52 Å². The predicted octanol–water partition coefficient (Wildman–Crippen LogP) is 15.1. The van der Waals surface area contributed by atoms with Gasteiger partial charge in [-0.1, -0.05) is 124 Å². The number of hydrogen-bond acceptors (Lipinski definition) is 5. The third-order valence-corrected chi connectivity index (χ3v) is 13.4.